The van der Waals surface area contributed by atoms with Gasteiger partial charge in [-0.15, -0.1) is 0 Å². The lowest BCUT2D eigenvalue weighted by molar-refractivity contribution is 0.0635. The number of nitrogen functional groups attached to an aromatic ring is 1. The Morgan fingerprint density at radius 2 is 1.00 bits per heavy atom. The van der Waals surface area contributed by atoms with Gasteiger partial charge in [0.1, 0.15) is 5.60 Å². The Balaban J connectivity index is 0.000000174. The van der Waals surface area contributed by atoms with Crippen molar-refractivity contribution in [1.82, 2.24) is 0 Å². The highest BCUT2D eigenvalue weighted by Crippen LogP contribution is 2.36. The molecule has 0 radical (unpaired) electrons. The molecule has 0 saturated carbocycles. The highest BCUT2D eigenvalue weighted by Gasteiger charge is 2.31. The minimum Gasteiger partial charge on any atom is -0.444 e. The fourth-order valence-electron chi connectivity index (χ4n) is 4.77. The maximum atomic E-state index is 12.2. The summed E-state index contributed by atoms with van der Waals surface area (Å²) in [6, 6.07) is 23.8. The number of ketones is 4. The van der Waals surface area contributed by atoms with Crippen molar-refractivity contribution in [3.63, 3.8) is 0 Å². The normalized spacial score (nSPS) is 13.1. The number of carbonyl (C=O) groups excluding carboxylic acids is 5. The Morgan fingerprint density at radius 1 is 0.585 bits per heavy atom. The monoisotopic (exact) mass is 546 g/mol. The third kappa shape index (κ3) is 5.27. The molecule has 0 atom stereocenters. The molecular weight excluding hydrogens is 520 g/mol. The third-order valence-corrected chi connectivity index (χ3v) is 6.53. The van der Waals surface area contributed by atoms with Crippen molar-refractivity contribution in [3.8, 4) is 22.3 Å². The van der Waals surface area contributed by atoms with Crippen molar-refractivity contribution in [3.05, 3.63) is 107 Å². The Hall–Kier alpha value is -5.37. The molecule has 0 unspecified atom stereocenters. The molecule has 0 heterocycles. The molecule has 204 valence electrons. The van der Waals surface area contributed by atoms with Gasteiger partial charge in [-0.25, -0.2) is 4.79 Å². The molecule has 4 aromatic rings. The van der Waals surface area contributed by atoms with E-state index in [0.717, 1.165) is 11.1 Å². The predicted octanol–water partition coefficient (Wildman–Crippen LogP) is 6.39. The molecule has 6 rings (SSSR count). The predicted molar refractivity (Wildman–Crippen MR) is 155 cm³/mol. The Labute approximate surface area is 236 Å². The summed E-state index contributed by atoms with van der Waals surface area (Å²) in [5, 5.41) is 2.65. The molecule has 0 aromatic heterocycles. The minimum atomic E-state index is -0.604. The molecule has 41 heavy (non-hydrogen) atoms. The van der Waals surface area contributed by atoms with Gasteiger partial charge in [0, 0.05) is 33.6 Å². The Kier molecular flexibility index (Phi) is 6.84. The molecule has 2 aliphatic rings. The second kappa shape index (κ2) is 10.3. The van der Waals surface area contributed by atoms with Gasteiger partial charge in [0.05, 0.1) is 0 Å². The lowest BCUT2D eigenvalue weighted by Crippen LogP contribution is -2.27. The smallest absolute Gasteiger partial charge is 0.412 e. The van der Waals surface area contributed by atoms with Crippen LogP contribution in [0.1, 0.15) is 62.2 Å². The van der Waals surface area contributed by atoms with Crippen LogP contribution in [0.15, 0.2) is 84.9 Å². The molecule has 3 N–H and O–H groups in total. The molecule has 0 spiro atoms. The standard InChI is InChI=1S/C19H17NO4.C14H9NO2/c1-19(2,3)24-18(23)20-11-8-9-14-15(10-11)12-6-4-5-7-13(12)16(21)17(14)22;15-8-5-6-11-12(7-8)9-3-1-2-4-10(9)13(16)14(11)17/h4-10H,1-3H3,(H,20,23);1-7H,15H2. The van der Waals surface area contributed by atoms with E-state index in [1.165, 1.54) is 0 Å². The maximum absolute atomic E-state index is 12.2. The van der Waals surface area contributed by atoms with E-state index >= 15 is 0 Å². The van der Waals surface area contributed by atoms with Crippen molar-refractivity contribution in [2.45, 2.75) is 26.4 Å². The van der Waals surface area contributed by atoms with Crippen molar-refractivity contribution >= 4 is 40.6 Å². The second-order valence-corrected chi connectivity index (χ2v) is 10.6. The van der Waals surface area contributed by atoms with E-state index in [1.807, 2.05) is 12.1 Å². The third-order valence-electron chi connectivity index (χ3n) is 6.53. The summed E-state index contributed by atoms with van der Waals surface area (Å²) in [6.45, 7) is 5.33. The van der Waals surface area contributed by atoms with E-state index < -0.39 is 34.8 Å². The lowest BCUT2D eigenvalue weighted by Gasteiger charge is -2.21. The summed E-state index contributed by atoms with van der Waals surface area (Å²) < 4.78 is 5.22. The zero-order valence-corrected chi connectivity index (χ0v) is 22.6. The van der Waals surface area contributed by atoms with Crippen LogP contribution in [0.5, 0.6) is 0 Å². The van der Waals surface area contributed by atoms with Gasteiger partial charge in [-0.1, -0.05) is 48.5 Å². The highest BCUT2D eigenvalue weighted by atomic mass is 16.6. The van der Waals surface area contributed by atoms with Gasteiger partial charge in [-0.05, 0) is 79.4 Å². The first-order valence-electron chi connectivity index (χ1n) is 12.8. The number of amides is 1. The van der Waals surface area contributed by atoms with Crippen LogP contribution in [0.25, 0.3) is 22.3 Å². The first-order valence-corrected chi connectivity index (χ1v) is 12.8. The fraction of sp³-hybridized carbons (Fsp3) is 0.121. The summed E-state index contributed by atoms with van der Waals surface area (Å²) in [6.07, 6.45) is -0.575. The van der Waals surface area contributed by atoms with E-state index in [4.69, 9.17) is 10.5 Å². The van der Waals surface area contributed by atoms with Gasteiger partial charge in [-0.2, -0.15) is 0 Å². The fourth-order valence-corrected chi connectivity index (χ4v) is 4.77. The summed E-state index contributed by atoms with van der Waals surface area (Å²) in [7, 11) is 0. The van der Waals surface area contributed by atoms with Crippen molar-refractivity contribution in [2.24, 2.45) is 0 Å². The van der Waals surface area contributed by atoms with Crippen LogP contribution in [-0.4, -0.2) is 34.8 Å². The van der Waals surface area contributed by atoms with E-state index in [0.29, 0.717) is 44.8 Å². The minimum absolute atomic E-state index is 0.341. The summed E-state index contributed by atoms with van der Waals surface area (Å²) in [4.78, 5) is 60.1. The molecule has 8 nitrogen and oxygen atoms in total. The Bertz CT molecular complexity index is 1780. The zero-order chi connectivity index (χ0) is 29.5. The molecule has 0 fully saturated rings. The number of Topliss-reactive ketones (excluding diaryl/α,β-unsaturated/α-hetero) is 4. The first kappa shape index (κ1) is 27.2. The van der Waals surface area contributed by atoms with Crippen LogP contribution in [0.2, 0.25) is 0 Å². The molecule has 8 heteroatoms. The maximum Gasteiger partial charge on any atom is 0.412 e. The quantitative estimate of drug-likeness (QED) is 0.209. The van der Waals surface area contributed by atoms with E-state index in [2.05, 4.69) is 5.32 Å². The summed E-state index contributed by atoms with van der Waals surface area (Å²) >= 11 is 0. The average Bonchev–Trinajstić information content (AvgIpc) is 2.94. The van der Waals surface area contributed by atoms with Gasteiger partial charge in [-0.3, -0.25) is 24.5 Å². The van der Waals surface area contributed by atoms with Gasteiger partial charge in [0.15, 0.2) is 0 Å². The molecule has 1 amide bonds. The molecule has 0 bridgehead atoms. The molecule has 0 aliphatic heterocycles. The van der Waals surface area contributed by atoms with Crippen molar-refractivity contribution in [1.29, 1.82) is 0 Å². The van der Waals surface area contributed by atoms with Gasteiger partial charge >= 0.3 is 6.09 Å². The van der Waals surface area contributed by atoms with Gasteiger partial charge in [0.2, 0.25) is 23.1 Å². The van der Waals surface area contributed by atoms with Crippen LogP contribution in [0.4, 0.5) is 16.2 Å². The van der Waals surface area contributed by atoms with Crippen LogP contribution < -0.4 is 11.1 Å². The number of hydrogen-bond donors (Lipinski definition) is 2. The zero-order valence-electron chi connectivity index (χ0n) is 22.6. The molecule has 0 saturated heterocycles. The number of nitrogens with two attached hydrogens (primary N) is 1. The number of rotatable bonds is 1. The summed E-state index contributed by atoms with van der Waals surface area (Å²) in [5.74, 6) is -1.95. The number of ether oxygens (including phenoxy) is 1. The van der Waals surface area contributed by atoms with Crippen molar-refractivity contribution in [2.75, 3.05) is 11.1 Å². The molecule has 2 aliphatic carbocycles. The number of nitrogens with one attached hydrogen (secondary N) is 1. The first-order chi connectivity index (χ1) is 19.4. The van der Waals surface area contributed by atoms with Crippen LogP contribution >= 0.6 is 0 Å². The number of anilines is 2. The Morgan fingerprint density at radius 3 is 1.49 bits per heavy atom. The number of benzene rings is 4. The number of carbonyl (C=O) groups is 5. The van der Waals surface area contributed by atoms with Crippen LogP contribution in [0.3, 0.4) is 0 Å². The molecule has 4 aromatic carbocycles. The van der Waals surface area contributed by atoms with Gasteiger partial charge < -0.3 is 10.5 Å². The number of hydrogen-bond acceptors (Lipinski definition) is 7. The van der Waals surface area contributed by atoms with Crippen LogP contribution in [-0.2, 0) is 4.74 Å². The van der Waals surface area contributed by atoms with Crippen molar-refractivity contribution < 1.29 is 28.7 Å². The second-order valence-electron chi connectivity index (χ2n) is 10.6. The lowest BCUT2D eigenvalue weighted by atomic mass is 9.84. The number of fused-ring (bicyclic) bond motifs is 6. The highest BCUT2D eigenvalue weighted by molar-refractivity contribution is 6.53. The van der Waals surface area contributed by atoms with E-state index in [1.54, 1.807) is 93.6 Å². The van der Waals surface area contributed by atoms with E-state index in [9.17, 15) is 24.0 Å². The average molecular weight is 547 g/mol. The van der Waals surface area contributed by atoms with Gasteiger partial charge in [0.25, 0.3) is 0 Å². The SMILES string of the molecule is CC(C)(C)OC(=O)Nc1ccc2c(c1)-c1ccccc1C(=O)C2=O.Nc1ccc2c(c1)-c1ccccc1C(=O)C2=O. The van der Waals surface area contributed by atoms with Crippen LogP contribution in [0, 0.1) is 0 Å². The largest absolute Gasteiger partial charge is 0.444 e. The van der Waals surface area contributed by atoms with E-state index in [-0.39, 0.29) is 0 Å². The molecular formula is C33H26N2O6. The topological polar surface area (TPSA) is 133 Å². The summed E-state index contributed by atoms with van der Waals surface area (Å²) in [5.41, 5.74) is 10.6.